The Labute approximate surface area is 210 Å². The van der Waals surface area contributed by atoms with E-state index in [-0.39, 0.29) is 30.3 Å². The lowest BCUT2D eigenvalue weighted by atomic mass is 10.1. The number of hydrogen-bond donors (Lipinski definition) is 1. The second-order valence-electron chi connectivity index (χ2n) is 10.6. The number of esters is 1. The minimum absolute atomic E-state index is 0.162. The Morgan fingerprint density at radius 1 is 1.11 bits per heavy atom. The summed E-state index contributed by atoms with van der Waals surface area (Å²) in [6.07, 6.45) is 1.62. The molecule has 4 rings (SSSR count). The van der Waals surface area contributed by atoms with Crippen LogP contribution in [-0.2, 0) is 19.1 Å². The maximum Gasteiger partial charge on any atom is 0.306 e. The van der Waals surface area contributed by atoms with Crippen LogP contribution in [0.4, 0.5) is 5.69 Å². The summed E-state index contributed by atoms with van der Waals surface area (Å²) in [4.78, 5) is 53.7. The van der Waals surface area contributed by atoms with E-state index in [0.29, 0.717) is 17.5 Å². The summed E-state index contributed by atoms with van der Waals surface area (Å²) in [6, 6.07) is 5.01. The molecule has 2 aliphatic rings. The zero-order valence-electron chi connectivity index (χ0n) is 21.5. The molecule has 0 radical (unpaired) electrons. The number of benzene rings is 1. The van der Waals surface area contributed by atoms with Crippen LogP contribution in [0.5, 0.6) is 0 Å². The number of imide groups is 1. The number of ether oxygens (including phenoxy) is 1. The normalized spacial score (nSPS) is 19.4. The van der Waals surface area contributed by atoms with Crippen molar-refractivity contribution < 1.29 is 19.1 Å². The molecule has 2 aliphatic heterocycles. The minimum atomic E-state index is -0.786. The van der Waals surface area contributed by atoms with Gasteiger partial charge in [-0.05, 0) is 59.2 Å². The van der Waals surface area contributed by atoms with Crippen molar-refractivity contribution in [3.05, 3.63) is 34.2 Å². The van der Waals surface area contributed by atoms with Gasteiger partial charge in [-0.1, -0.05) is 6.07 Å². The minimum Gasteiger partial charge on any atom is -0.460 e. The molecule has 2 fully saturated rings. The highest BCUT2D eigenvalue weighted by molar-refractivity contribution is 5.99. The lowest BCUT2D eigenvalue weighted by molar-refractivity contribution is -0.155. The first-order valence-electron chi connectivity index (χ1n) is 12.6. The number of anilines is 1. The fourth-order valence-electron chi connectivity index (χ4n) is 4.80. The summed E-state index contributed by atoms with van der Waals surface area (Å²) in [5.41, 5.74) is 0.833. The van der Waals surface area contributed by atoms with Crippen molar-refractivity contribution >= 4 is 34.2 Å². The van der Waals surface area contributed by atoms with Crippen LogP contribution in [0.2, 0.25) is 0 Å². The molecule has 1 unspecified atom stereocenters. The number of carbonyl (C=O) groups excluding carboxylic acids is 3. The maximum atomic E-state index is 13.3. The van der Waals surface area contributed by atoms with Gasteiger partial charge in [0.25, 0.3) is 11.5 Å². The number of rotatable bonds is 6. The topological polar surface area (TPSA) is 114 Å². The Hall–Kier alpha value is -3.27. The van der Waals surface area contributed by atoms with Gasteiger partial charge in [0.15, 0.2) is 0 Å². The Balaban J connectivity index is 1.42. The summed E-state index contributed by atoms with van der Waals surface area (Å²) in [6.45, 7) is 11.6. The Kier molecular flexibility index (Phi) is 7.44. The van der Waals surface area contributed by atoms with Gasteiger partial charge in [-0.2, -0.15) is 5.10 Å². The quantitative estimate of drug-likeness (QED) is 0.476. The van der Waals surface area contributed by atoms with Crippen molar-refractivity contribution in [2.45, 2.75) is 65.0 Å². The Morgan fingerprint density at radius 3 is 2.50 bits per heavy atom. The molecule has 0 aliphatic carbocycles. The largest absolute Gasteiger partial charge is 0.460 e. The van der Waals surface area contributed by atoms with Gasteiger partial charge in [0.05, 0.1) is 11.1 Å². The van der Waals surface area contributed by atoms with E-state index in [2.05, 4.69) is 20.2 Å². The van der Waals surface area contributed by atoms with Crippen LogP contribution in [0, 0.1) is 6.92 Å². The number of carbonyl (C=O) groups is 3. The van der Waals surface area contributed by atoms with Crippen molar-refractivity contribution in [3.63, 3.8) is 0 Å². The number of aromatic nitrogens is 2. The monoisotopic (exact) mass is 497 g/mol. The average Bonchev–Trinajstić information content (AvgIpc) is 2.81. The van der Waals surface area contributed by atoms with Crippen LogP contribution in [0.25, 0.3) is 10.8 Å². The van der Waals surface area contributed by atoms with E-state index in [1.807, 2.05) is 45.9 Å². The fourth-order valence-corrected chi connectivity index (χ4v) is 4.80. The summed E-state index contributed by atoms with van der Waals surface area (Å²) in [5, 5.41) is 7.97. The number of aryl methyl sites for hydroxylation is 1. The zero-order valence-corrected chi connectivity index (χ0v) is 21.5. The van der Waals surface area contributed by atoms with E-state index < -0.39 is 17.6 Å². The van der Waals surface area contributed by atoms with Crippen LogP contribution < -0.4 is 15.8 Å². The third kappa shape index (κ3) is 5.92. The molecule has 10 nitrogen and oxygen atoms in total. The van der Waals surface area contributed by atoms with Gasteiger partial charge in [0.2, 0.25) is 5.91 Å². The molecule has 1 N–H and O–H groups in total. The second kappa shape index (κ2) is 10.4. The van der Waals surface area contributed by atoms with Crippen molar-refractivity contribution in [3.8, 4) is 0 Å². The molecule has 0 bridgehead atoms. The van der Waals surface area contributed by atoms with E-state index in [9.17, 15) is 19.2 Å². The van der Waals surface area contributed by atoms with E-state index in [0.717, 1.165) is 50.2 Å². The second-order valence-corrected chi connectivity index (χ2v) is 10.6. The molecular formula is C26H35N5O5. The highest BCUT2D eigenvalue weighted by atomic mass is 16.6. The highest BCUT2D eigenvalue weighted by Gasteiger charge is 2.30. The molecule has 1 aromatic heterocycles. The van der Waals surface area contributed by atoms with Gasteiger partial charge in [0, 0.05) is 50.1 Å². The third-order valence-electron chi connectivity index (χ3n) is 6.61. The standard InChI is InChI=1S/C26H35N5O5/c1-17-19-8-7-18(16-20(19)25(35)31(28-17)21-9-10-22(32)27-24(21)34)30-14-12-29(13-15-30)11-5-6-23(33)36-26(2,3)4/h7-8,16,21H,5-6,9-15H2,1-4H3,(H,27,32,34). The van der Waals surface area contributed by atoms with Crippen LogP contribution in [0.15, 0.2) is 23.0 Å². The smallest absolute Gasteiger partial charge is 0.306 e. The summed E-state index contributed by atoms with van der Waals surface area (Å²) < 4.78 is 6.61. The van der Waals surface area contributed by atoms with Crippen LogP contribution in [-0.4, -0.2) is 70.8 Å². The summed E-state index contributed by atoms with van der Waals surface area (Å²) >= 11 is 0. The predicted octanol–water partition coefficient (Wildman–Crippen LogP) is 1.93. The van der Waals surface area contributed by atoms with E-state index >= 15 is 0 Å². The third-order valence-corrected chi connectivity index (χ3v) is 6.61. The molecule has 2 aromatic rings. The van der Waals surface area contributed by atoms with Crippen LogP contribution >= 0.6 is 0 Å². The number of hydrogen-bond acceptors (Lipinski definition) is 8. The number of amides is 2. The van der Waals surface area contributed by atoms with Crippen molar-refractivity contribution in [1.29, 1.82) is 0 Å². The van der Waals surface area contributed by atoms with Gasteiger partial charge >= 0.3 is 5.97 Å². The number of nitrogens with one attached hydrogen (secondary N) is 1. The fraction of sp³-hybridized carbons (Fsp3) is 0.577. The molecule has 194 valence electrons. The van der Waals surface area contributed by atoms with Gasteiger partial charge in [-0.25, -0.2) is 4.68 Å². The molecule has 2 amide bonds. The van der Waals surface area contributed by atoms with Gasteiger partial charge in [0.1, 0.15) is 11.6 Å². The molecule has 10 heteroatoms. The first kappa shape index (κ1) is 25.8. The SMILES string of the molecule is Cc1nn(C2CCC(=O)NC2=O)c(=O)c2cc(N3CCN(CCCC(=O)OC(C)(C)C)CC3)ccc12. The summed E-state index contributed by atoms with van der Waals surface area (Å²) in [5.74, 6) is -0.975. The lowest BCUT2D eigenvalue weighted by Gasteiger charge is -2.36. The van der Waals surface area contributed by atoms with E-state index in [4.69, 9.17) is 4.74 Å². The first-order valence-corrected chi connectivity index (χ1v) is 12.6. The predicted molar refractivity (Wildman–Crippen MR) is 136 cm³/mol. The van der Waals surface area contributed by atoms with E-state index in [1.54, 1.807) is 0 Å². The average molecular weight is 498 g/mol. The molecule has 36 heavy (non-hydrogen) atoms. The molecule has 0 spiro atoms. The number of nitrogens with zero attached hydrogens (tertiary/aromatic N) is 4. The van der Waals surface area contributed by atoms with Crippen molar-refractivity contribution in [1.82, 2.24) is 20.0 Å². The van der Waals surface area contributed by atoms with Gasteiger partial charge in [-0.15, -0.1) is 0 Å². The van der Waals surface area contributed by atoms with Crippen molar-refractivity contribution in [2.75, 3.05) is 37.6 Å². The maximum absolute atomic E-state index is 13.3. The number of piperazine rings is 1. The van der Waals surface area contributed by atoms with Gasteiger partial charge in [-0.3, -0.25) is 29.4 Å². The lowest BCUT2D eigenvalue weighted by Crippen LogP contribution is -2.47. The van der Waals surface area contributed by atoms with Crippen molar-refractivity contribution in [2.24, 2.45) is 0 Å². The molecule has 3 heterocycles. The summed E-state index contributed by atoms with van der Waals surface area (Å²) in [7, 11) is 0. The Bertz CT molecular complexity index is 1220. The van der Waals surface area contributed by atoms with Gasteiger partial charge < -0.3 is 9.64 Å². The molecule has 1 aromatic carbocycles. The zero-order chi connectivity index (χ0) is 26.0. The Morgan fingerprint density at radius 2 is 1.83 bits per heavy atom. The highest BCUT2D eigenvalue weighted by Crippen LogP contribution is 2.24. The molecule has 2 saturated heterocycles. The number of fused-ring (bicyclic) bond motifs is 1. The number of piperidine rings is 1. The first-order chi connectivity index (χ1) is 17.0. The molecule has 1 atom stereocenters. The van der Waals surface area contributed by atoms with E-state index in [1.165, 1.54) is 4.68 Å². The molecule has 0 saturated carbocycles. The van der Waals surface area contributed by atoms with Crippen LogP contribution in [0.3, 0.4) is 0 Å². The molecular weight excluding hydrogens is 462 g/mol. The van der Waals surface area contributed by atoms with Crippen LogP contribution in [0.1, 0.15) is 58.2 Å².